The minimum Gasteiger partial charge on any atom is -0.361 e. The molecule has 0 radical (unpaired) electrons. The first kappa shape index (κ1) is 33.2. The molecule has 5 aromatic carbocycles. The van der Waals surface area contributed by atoms with Crippen LogP contribution < -0.4 is 10.6 Å². The third kappa shape index (κ3) is 6.54. The number of benzene rings is 5. The van der Waals surface area contributed by atoms with Gasteiger partial charge in [0.15, 0.2) is 0 Å². The number of rotatable bonds is 17. The molecule has 5 heteroatoms. The Balaban J connectivity index is 1.17. The number of aldehydes is 1. The maximum absolute atomic E-state index is 15.7. The van der Waals surface area contributed by atoms with Gasteiger partial charge in [0.2, 0.25) is 7.29 Å². The Bertz CT molecular complexity index is 1730. The molecule has 49 heavy (non-hydrogen) atoms. The van der Waals surface area contributed by atoms with E-state index in [-0.39, 0.29) is 11.5 Å². The van der Waals surface area contributed by atoms with Crippen molar-refractivity contribution in [3.05, 3.63) is 181 Å². The summed E-state index contributed by atoms with van der Waals surface area (Å²) in [5, 5.41) is 1.67. The summed E-state index contributed by atoms with van der Waals surface area (Å²) in [6.07, 6.45) is 9.32. The van der Waals surface area contributed by atoms with E-state index in [4.69, 9.17) is 4.74 Å². The van der Waals surface area contributed by atoms with Gasteiger partial charge in [0.1, 0.15) is 11.9 Å². The monoisotopic (exact) mass is 665 g/mol. The van der Waals surface area contributed by atoms with Gasteiger partial charge in [0.25, 0.3) is 0 Å². The van der Waals surface area contributed by atoms with E-state index >= 15 is 4.57 Å². The molecule has 4 nitrogen and oxygen atoms in total. The zero-order chi connectivity index (χ0) is 33.6. The van der Waals surface area contributed by atoms with Crippen LogP contribution in [0.15, 0.2) is 164 Å². The van der Waals surface area contributed by atoms with Gasteiger partial charge in [0, 0.05) is 29.8 Å². The highest BCUT2D eigenvalue weighted by Crippen LogP contribution is 2.79. The van der Waals surface area contributed by atoms with Crippen molar-refractivity contribution in [2.45, 2.75) is 43.7 Å². The molecular formula is C44H44NO3P. The lowest BCUT2D eigenvalue weighted by atomic mass is 9.80. The molecule has 0 N–H and O–H groups in total. The summed E-state index contributed by atoms with van der Waals surface area (Å²) < 4.78 is 25.1. The van der Waals surface area contributed by atoms with Crippen LogP contribution in [-0.2, 0) is 19.7 Å². The lowest BCUT2D eigenvalue weighted by Gasteiger charge is -2.40. The Hall–Kier alpha value is -4.34. The van der Waals surface area contributed by atoms with E-state index in [2.05, 4.69) is 77.5 Å². The SMILES string of the molecule is O=C/C=C/CN(C(CCCCOC(c1ccccc1)(c1ccccc1)c1ccccc1)C12CC1C2)P(=O)(c1ccccc1)c1ccccc1. The third-order valence-corrected chi connectivity index (χ3v) is 13.7. The summed E-state index contributed by atoms with van der Waals surface area (Å²) in [6, 6.07) is 51.6. The van der Waals surface area contributed by atoms with E-state index in [0.717, 1.165) is 52.8 Å². The number of nitrogens with zero attached hydrogens (tertiary/aromatic N) is 1. The lowest BCUT2D eigenvalue weighted by Crippen LogP contribution is -2.42. The number of hydrogen-bond acceptors (Lipinski definition) is 3. The largest absolute Gasteiger partial charge is 0.361 e. The minimum atomic E-state index is -3.23. The number of ether oxygens (including phenoxy) is 1. The molecule has 248 valence electrons. The first-order valence-electron chi connectivity index (χ1n) is 17.5. The average Bonchev–Trinajstić information content (AvgIpc) is 4.07. The van der Waals surface area contributed by atoms with Gasteiger partial charge in [-0.1, -0.05) is 133 Å². The van der Waals surface area contributed by atoms with Gasteiger partial charge in [-0.3, -0.25) is 9.36 Å². The first-order valence-corrected chi connectivity index (χ1v) is 19.2. The second-order valence-electron chi connectivity index (χ2n) is 13.4. The molecule has 2 aliphatic rings. The molecule has 5 aromatic rings. The maximum Gasteiger partial charge on any atom is 0.207 e. The molecule has 1 atom stereocenters. The molecule has 2 saturated carbocycles. The van der Waals surface area contributed by atoms with Crippen LogP contribution in [0.4, 0.5) is 0 Å². The van der Waals surface area contributed by atoms with Crippen molar-refractivity contribution in [3.8, 4) is 0 Å². The number of carbonyl (C=O) groups is 1. The quantitative estimate of drug-likeness (QED) is 0.0327. The fourth-order valence-corrected chi connectivity index (χ4v) is 10.9. The molecule has 7 rings (SSSR count). The topological polar surface area (TPSA) is 46.6 Å². The Morgan fingerprint density at radius 2 is 1.12 bits per heavy atom. The molecule has 2 aliphatic carbocycles. The van der Waals surface area contributed by atoms with E-state index in [1.165, 1.54) is 12.8 Å². The van der Waals surface area contributed by atoms with Crippen LogP contribution >= 0.6 is 7.29 Å². The van der Waals surface area contributed by atoms with Crippen LogP contribution in [0.5, 0.6) is 0 Å². The lowest BCUT2D eigenvalue weighted by molar-refractivity contribution is -0.104. The number of carbonyl (C=O) groups excluding carboxylic acids is 1. The van der Waals surface area contributed by atoms with Crippen LogP contribution in [0.25, 0.3) is 0 Å². The second kappa shape index (κ2) is 14.6. The average molecular weight is 666 g/mol. The third-order valence-electron chi connectivity index (χ3n) is 10.6. The molecule has 1 unspecified atom stereocenters. The van der Waals surface area contributed by atoms with Crippen LogP contribution in [-0.4, -0.2) is 30.2 Å². The predicted molar refractivity (Wildman–Crippen MR) is 200 cm³/mol. The van der Waals surface area contributed by atoms with Gasteiger partial charge >= 0.3 is 0 Å². The highest BCUT2D eigenvalue weighted by Gasteiger charge is 2.74. The van der Waals surface area contributed by atoms with E-state index in [0.29, 0.717) is 19.1 Å². The Morgan fingerprint density at radius 1 is 0.694 bits per heavy atom. The number of unbranched alkanes of at least 4 members (excludes halogenated alkanes) is 1. The van der Waals surface area contributed by atoms with Gasteiger partial charge in [-0.25, -0.2) is 4.67 Å². The highest BCUT2D eigenvalue weighted by molar-refractivity contribution is 7.76. The van der Waals surface area contributed by atoms with E-state index in [1.54, 1.807) is 6.08 Å². The van der Waals surface area contributed by atoms with Gasteiger partial charge in [-0.15, -0.1) is 0 Å². The zero-order valence-corrected chi connectivity index (χ0v) is 28.8. The molecule has 0 heterocycles. The second-order valence-corrected chi connectivity index (χ2v) is 16.1. The minimum absolute atomic E-state index is 0.127. The van der Waals surface area contributed by atoms with Gasteiger partial charge in [-0.05, 0) is 90.5 Å². The van der Waals surface area contributed by atoms with Gasteiger partial charge in [-0.2, -0.15) is 0 Å². The molecular weight excluding hydrogens is 621 g/mol. The van der Waals surface area contributed by atoms with Crippen molar-refractivity contribution in [3.63, 3.8) is 0 Å². The van der Waals surface area contributed by atoms with E-state index < -0.39 is 12.9 Å². The van der Waals surface area contributed by atoms with Gasteiger partial charge in [0.05, 0.1) is 0 Å². The fourth-order valence-electron chi connectivity index (χ4n) is 7.82. The van der Waals surface area contributed by atoms with E-state index in [9.17, 15) is 4.79 Å². The smallest absolute Gasteiger partial charge is 0.207 e. The Labute approximate surface area is 290 Å². The summed E-state index contributed by atoms with van der Waals surface area (Å²) in [6.45, 7) is 1.02. The van der Waals surface area contributed by atoms with Crippen molar-refractivity contribution in [2.24, 2.45) is 11.3 Å². The molecule has 0 spiro atoms. The number of hydrogen-bond donors (Lipinski definition) is 0. The summed E-state index contributed by atoms with van der Waals surface area (Å²) in [7, 11) is -3.23. The number of fused-ring (bicyclic) bond motifs is 1. The first-order chi connectivity index (χ1) is 24.1. The van der Waals surface area contributed by atoms with Crippen molar-refractivity contribution in [1.29, 1.82) is 0 Å². The standard InChI is InChI=1S/C44H44NO3P/c46-32-18-17-31-45(49(47,40-26-12-4-13-27-40)41-28-14-5-15-29-41)42(43-34-39(43)35-43)30-16-19-33-48-44(36-20-6-1-7-21-36,37-22-8-2-9-23-37)38-24-10-3-11-25-38/h1-15,17-18,20-29,32,39,42H,16,19,30-31,33-35H2/b18-17+. The molecule has 0 bridgehead atoms. The van der Waals surface area contributed by atoms with Crippen molar-refractivity contribution in [1.82, 2.24) is 4.67 Å². The van der Waals surface area contributed by atoms with Gasteiger partial charge < -0.3 is 4.74 Å². The Morgan fingerprint density at radius 3 is 1.53 bits per heavy atom. The normalized spacial score (nSPS) is 19.0. The molecule has 0 amide bonds. The van der Waals surface area contributed by atoms with Crippen molar-refractivity contribution < 1.29 is 14.1 Å². The fraction of sp³-hybridized carbons (Fsp3) is 0.250. The summed E-state index contributed by atoms with van der Waals surface area (Å²) in [4.78, 5) is 11.4. The van der Waals surface area contributed by atoms with E-state index in [1.807, 2.05) is 84.9 Å². The molecule has 0 aliphatic heterocycles. The summed E-state index contributed by atoms with van der Waals surface area (Å²) in [5.74, 6) is 0.702. The van der Waals surface area contributed by atoms with Crippen molar-refractivity contribution in [2.75, 3.05) is 13.2 Å². The van der Waals surface area contributed by atoms with Crippen LogP contribution in [0, 0.1) is 11.3 Å². The molecule has 2 fully saturated rings. The van der Waals surface area contributed by atoms with Crippen LogP contribution in [0.3, 0.4) is 0 Å². The van der Waals surface area contributed by atoms with Crippen LogP contribution in [0.2, 0.25) is 0 Å². The molecule has 0 saturated heterocycles. The Kier molecular flexibility index (Phi) is 9.91. The highest BCUT2D eigenvalue weighted by atomic mass is 31.2. The predicted octanol–water partition coefficient (Wildman–Crippen LogP) is 8.93. The summed E-state index contributed by atoms with van der Waals surface area (Å²) >= 11 is 0. The summed E-state index contributed by atoms with van der Waals surface area (Å²) in [5.41, 5.74) is 2.76. The van der Waals surface area contributed by atoms with Crippen molar-refractivity contribution >= 4 is 24.2 Å². The maximum atomic E-state index is 15.7. The molecule has 0 aromatic heterocycles. The van der Waals surface area contributed by atoms with Crippen LogP contribution in [0.1, 0.15) is 48.8 Å². The number of allylic oxidation sites excluding steroid dienone is 1. The zero-order valence-electron chi connectivity index (χ0n) is 27.9.